The maximum atomic E-state index is 11.0. The Kier molecular flexibility index (Phi) is 4.55. The topological polar surface area (TPSA) is 45.5 Å². The molecule has 1 rings (SSSR count). The average Bonchev–Trinajstić information content (AvgIpc) is 2.59. The Labute approximate surface area is 96.5 Å². The molecule has 0 saturated carbocycles. The van der Waals surface area contributed by atoms with Crippen molar-refractivity contribution in [1.29, 1.82) is 0 Å². The molecule has 0 aliphatic rings. The van der Waals surface area contributed by atoms with Gasteiger partial charge < -0.3 is 14.6 Å². The van der Waals surface area contributed by atoms with Crippen molar-refractivity contribution in [3.05, 3.63) is 23.5 Å². The quantitative estimate of drug-likeness (QED) is 0.800. The van der Waals surface area contributed by atoms with Gasteiger partial charge in [0, 0.05) is 25.0 Å². The van der Waals surface area contributed by atoms with Crippen molar-refractivity contribution in [3.63, 3.8) is 0 Å². The van der Waals surface area contributed by atoms with E-state index in [0.29, 0.717) is 5.56 Å². The highest BCUT2D eigenvalue weighted by Crippen LogP contribution is 2.13. The summed E-state index contributed by atoms with van der Waals surface area (Å²) in [7, 11) is 4.03. The van der Waals surface area contributed by atoms with E-state index in [1.807, 2.05) is 24.9 Å². The summed E-state index contributed by atoms with van der Waals surface area (Å²) < 4.78 is 2.05. The summed E-state index contributed by atoms with van der Waals surface area (Å²) in [6.07, 6.45) is 3.66. The molecule has 0 radical (unpaired) electrons. The molecule has 0 saturated heterocycles. The minimum Gasteiger partial charge on any atom is -0.478 e. The lowest BCUT2D eigenvalue weighted by molar-refractivity contribution is 0.0695. The molecule has 1 N–H and O–H groups in total. The maximum Gasteiger partial charge on any atom is 0.337 e. The van der Waals surface area contributed by atoms with Gasteiger partial charge in [0.05, 0.1) is 5.56 Å². The number of carboxylic acids is 1. The minimum absolute atomic E-state index is 0.445. The third kappa shape index (κ3) is 3.10. The van der Waals surface area contributed by atoms with E-state index in [2.05, 4.69) is 11.8 Å². The maximum absolute atomic E-state index is 11.0. The molecule has 0 spiro atoms. The van der Waals surface area contributed by atoms with Crippen LogP contribution in [-0.4, -0.2) is 41.2 Å². The molecule has 0 aliphatic heterocycles. The largest absolute Gasteiger partial charge is 0.478 e. The zero-order valence-corrected chi connectivity index (χ0v) is 10.2. The van der Waals surface area contributed by atoms with Crippen molar-refractivity contribution in [2.24, 2.45) is 0 Å². The summed E-state index contributed by atoms with van der Waals surface area (Å²) in [5.41, 5.74) is 1.39. The van der Waals surface area contributed by atoms with Crippen LogP contribution in [0.2, 0.25) is 0 Å². The first-order valence-corrected chi connectivity index (χ1v) is 5.62. The summed E-state index contributed by atoms with van der Waals surface area (Å²) in [6, 6.07) is 1.70. The Morgan fingerprint density at radius 3 is 2.69 bits per heavy atom. The first-order chi connectivity index (χ1) is 7.56. The number of carbonyl (C=O) groups is 1. The molecule has 1 aromatic heterocycles. The van der Waals surface area contributed by atoms with Gasteiger partial charge in [-0.25, -0.2) is 4.79 Å². The number of aromatic nitrogens is 1. The van der Waals surface area contributed by atoms with Crippen molar-refractivity contribution in [3.8, 4) is 0 Å². The highest BCUT2D eigenvalue weighted by molar-refractivity contribution is 5.89. The smallest absolute Gasteiger partial charge is 0.337 e. The van der Waals surface area contributed by atoms with Gasteiger partial charge in [0.1, 0.15) is 0 Å². The normalized spacial score (nSPS) is 11.0. The Morgan fingerprint density at radius 2 is 2.19 bits per heavy atom. The lowest BCUT2D eigenvalue weighted by atomic mass is 10.1. The van der Waals surface area contributed by atoms with E-state index in [4.69, 9.17) is 5.11 Å². The van der Waals surface area contributed by atoms with Crippen LogP contribution < -0.4 is 0 Å². The Bertz CT molecular complexity index is 356. The molecule has 0 fully saturated rings. The average molecular weight is 224 g/mol. The summed E-state index contributed by atoms with van der Waals surface area (Å²) in [5, 5.41) is 9.06. The molecule has 4 nitrogen and oxygen atoms in total. The molecule has 0 amide bonds. The van der Waals surface area contributed by atoms with E-state index in [-0.39, 0.29) is 0 Å². The standard InChI is InChI=1S/C12H20N2O2/c1-4-5-11-10(12(15)16)6-7-14(11)9-8-13(2)3/h6-7H,4-5,8-9H2,1-3H3,(H,15,16). The van der Waals surface area contributed by atoms with Crippen molar-refractivity contribution in [2.45, 2.75) is 26.3 Å². The Morgan fingerprint density at radius 1 is 1.50 bits per heavy atom. The van der Waals surface area contributed by atoms with E-state index in [1.165, 1.54) is 0 Å². The molecule has 0 atom stereocenters. The SMILES string of the molecule is CCCc1c(C(=O)O)ccn1CCN(C)C. The number of hydrogen-bond acceptors (Lipinski definition) is 2. The van der Waals surface area contributed by atoms with Crippen LogP contribution in [0.4, 0.5) is 0 Å². The third-order valence-electron chi connectivity index (χ3n) is 2.58. The molecule has 1 aromatic rings. The second-order valence-electron chi connectivity index (χ2n) is 4.23. The predicted octanol–water partition coefficient (Wildman–Crippen LogP) is 1.70. The lowest BCUT2D eigenvalue weighted by Gasteiger charge is -2.13. The molecule has 90 valence electrons. The van der Waals surface area contributed by atoms with E-state index in [9.17, 15) is 4.79 Å². The molecule has 0 unspecified atom stereocenters. The van der Waals surface area contributed by atoms with Gasteiger partial charge in [-0.1, -0.05) is 13.3 Å². The number of likely N-dealkylation sites (N-methyl/N-ethyl adjacent to an activating group) is 1. The van der Waals surface area contributed by atoms with E-state index in [1.54, 1.807) is 6.07 Å². The van der Waals surface area contributed by atoms with E-state index in [0.717, 1.165) is 31.6 Å². The number of hydrogen-bond donors (Lipinski definition) is 1. The van der Waals surface area contributed by atoms with Crippen LogP contribution in [0.5, 0.6) is 0 Å². The first kappa shape index (κ1) is 12.8. The van der Waals surface area contributed by atoms with Gasteiger partial charge in [-0.15, -0.1) is 0 Å². The van der Waals surface area contributed by atoms with E-state index < -0.39 is 5.97 Å². The fourth-order valence-electron chi connectivity index (χ4n) is 1.73. The fourth-order valence-corrected chi connectivity index (χ4v) is 1.73. The van der Waals surface area contributed by atoms with Crippen LogP contribution in [0.3, 0.4) is 0 Å². The van der Waals surface area contributed by atoms with Crippen LogP contribution in [0.1, 0.15) is 29.4 Å². The third-order valence-corrected chi connectivity index (χ3v) is 2.58. The highest BCUT2D eigenvalue weighted by atomic mass is 16.4. The lowest BCUT2D eigenvalue weighted by Crippen LogP contribution is -2.19. The second-order valence-corrected chi connectivity index (χ2v) is 4.23. The van der Waals surface area contributed by atoms with E-state index >= 15 is 0 Å². The first-order valence-electron chi connectivity index (χ1n) is 5.62. The zero-order chi connectivity index (χ0) is 12.1. The molecule has 1 heterocycles. The Balaban J connectivity index is 2.86. The second kappa shape index (κ2) is 5.70. The van der Waals surface area contributed by atoms with Crippen molar-refractivity contribution in [2.75, 3.05) is 20.6 Å². The number of nitrogens with zero attached hydrogens (tertiary/aromatic N) is 2. The summed E-state index contributed by atoms with van der Waals surface area (Å²) >= 11 is 0. The molecule has 16 heavy (non-hydrogen) atoms. The molecule has 4 heteroatoms. The monoisotopic (exact) mass is 224 g/mol. The molecule has 0 aliphatic carbocycles. The molecule has 0 aromatic carbocycles. The molecule has 0 bridgehead atoms. The van der Waals surface area contributed by atoms with Crippen molar-refractivity contribution in [1.82, 2.24) is 9.47 Å². The van der Waals surface area contributed by atoms with Gasteiger partial charge in [0.2, 0.25) is 0 Å². The van der Waals surface area contributed by atoms with Crippen LogP contribution in [0, 0.1) is 0 Å². The number of rotatable bonds is 6. The minimum atomic E-state index is -0.827. The summed E-state index contributed by atoms with van der Waals surface area (Å²) in [5.74, 6) is -0.827. The van der Waals surface area contributed by atoms with Crippen LogP contribution >= 0.6 is 0 Å². The van der Waals surface area contributed by atoms with Crippen LogP contribution in [-0.2, 0) is 13.0 Å². The van der Waals surface area contributed by atoms with Crippen LogP contribution in [0.15, 0.2) is 12.3 Å². The zero-order valence-electron chi connectivity index (χ0n) is 10.2. The van der Waals surface area contributed by atoms with Gasteiger partial charge in [-0.3, -0.25) is 0 Å². The predicted molar refractivity (Wildman–Crippen MR) is 63.9 cm³/mol. The van der Waals surface area contributed by atoms with Gasteiger partial charge in [-0.2, -0.15) is 0 Å². The van der Waals surface area contributed by atoms with Gasteiger partial charge in [0.25, 0.3) is 0 Å². The highest BCUT2D eigenvalue weighted by Gasteiger charge is 2.13. The Hall–Kier alpha value is -1.29. The van der Waals surface area contributed by atoms with Crippen molar-refractivity contribution < 1.29 is 9.90 Å². The molecular formula is C12H20N2O2. The molecular weight excluding hydrogens is 204 g/mol. The summed E-state index contributed by atoms with van der Waals surface area (Å²) in [6.45, 7) is 3.83. The van der Waals surface area contributed by atoms with Crippen molar-refractivity contribution >= 4 is 5.97 Å². The van der Waals surface area contributed by atoms with Gasteiger partial charge >= 0.3 is 5.97 Å². The summed E-state index contributed by atoms with van der Waals surface area (Å²) in [4.78, 5) is 13.1. The number of aromatic carboxylic acids is 1. The van der Waals surface area contributed by atoms with Gasteiger partial charge in [0.15, 0.2) is 0 Å². The van der Waals surface area contributed by atoms with Gasteiger partial charge in [-0.05, 0) is 26.6 Å². The number of carboxylic acid groups (broad SMARTS) is 1. The van der Waals surface area contributed by atoms with Crippen LogP contribution in [0.25, 0.3) is 0 Å². The fraction of sp³-hybridized carbons (Fsp3) is 0.583.